The summed E-state index contributed by atoms with van der Waals surface area (Å²) in [5, 5.41) is 3.58. The molecule has 0 heterocycles. The average molecular weight is 263 g/mol. The van der Waals surface area contributed by atoms with Crippen molar-refractivity contribution in [1.82, 2.24) is 5.32 Å². The van der Waals surface area contributed by atoms with Gasteiger partial charge in [0.1, 0.15) is 5.82 Å². The Morgan fingerprint density at radius 1 is 1.16 bits per heavy atom. The summed E-state index contributed by atoms with van der Waals surface area (Å²) in [4.78, 5) is 0. The van der Waals surface area contributed by atoms with Crippen molar-refractivity contribution in [1.29, 1.82) is 0 Å². The molecule has 0 unspecified atom stereocenters. The SMILES string of the molecule is Cc1cc(F)ccc1CCNCC1CCCCCC1. The number of rotatable bonds is 5. The maximum atomic E-state index is 13.0. The van der Waals surface area contributed by atoms with Crippen LogP contribution in [0.1, 0.15) is 49.7 Å². The predicted molar refractivity (Wildman–Crippen MR) is 78.9 cm³/mol. The molecule has 1 aliphatic carbocycles. The van der Waals surface area contributed by atoms with E-state index in [2.05, 4.69) is 5.32 Å². The molecular formula is C17H26FN. The lowest BCUT2D eigenvalue weighted by Gasteiger charge is -2.15. The second kappa shape index (κ2) is 7.64. The molecule has 0 aromatic heterocycles. The number of hydrogen-bond donors (Lipinski definition) is 1. The van der Waals surface area contributed by atoms with Crippen molar-refractivity contribution in [2.75, 3.05) is 13.1 Å². The molecule has 0 amide bonds. The van der Waals surface area contributed by atoms with Crippen LogP contribution in [-0.2, 0) is 6.42 Å². The standard InChI is InChI=1S/C17H26FN/c1-14-12-17(18)9-8-16(14)10-11-19-13-15-6-4-2-3-5-7-15/h8-9,12,15,19H,2-7,10-11,13H2,1H3. The highest BCUT2D eigenvalue weighted by atomic mass is 19.1. The number of halogens is 1. The van der Waals surface area contributed by atoms with Crippen molar-refractivity contribution in [2.24, 2.45) is 5.92 Å². The number of benzene rings is 1. The molecular weight excluding hydrogens is 237 g/mol. The maximum absolute atomic E-state index is 13.0. The molecule has 1 aromatic carbocycles. The first-order chi connectivity index (χ1) is 9.25. The lowest BCUT2D eigenvalue weighted by Crippen LogP contribution is -2.25. The Hall–Kier alpha value is -0.890. The molecule has 0 aliphatic heterocycles. The Labute approximate surface area is 116 Å². The zero-order valence-corrected chi connectivity index (χ0v) is 12.1. The summed E-state index contributed by atoms with van der Waals surface area (Å²) >= 11 is 0. The van der Waals surface area contributed by atoms with Crippen LogP contribution in [0.4, 0.5) is 4.39 Å². The normalized spacial score (nSPS) is 17.4. The van der Waals surface area contributed by atoms with Crippen LogP contribution in [0.15, 0.2) is 18.2 Å². The minimum absolute atomic E-state index is 0.132. The summed E-state index contributed by atoms with van der Waals surface area (Å²) in [5.41, 5.74) is 2.33. The Balaban J connectivity index is 1.68. The third kappa shape index (κ3) is 4.94. The second-order valence-electron chi connectivity index (χ2n) is 5.88. The van der Waals surface area contributed by atoms with Crippen LogP contribution in [0, 0.1) is 18.7 Å². The summed E-state index contributed by atoms with van der Waals surface area (Å²) in [6.07, 6.45) is 9.44. The van der Waals surface area contributed by atoms with Crippen molar-refractivity contribution in [3.8, 4) is 0 Å². The van der Waals surface area contributed by atoms with Crippen molar-refractivity contribution in [3.63, 3.8) is 0 Å². The summed E-state index contributed by atoms with van der Waals surface area (Å²) < 4.78 is 13.0. The van der Waals surface area contributed by atoms with Crippen molar-refractivity contribution in [3.05, 3.63) is 35.1 Å². The van der Waals surface area contributed by atoms with Crippen LogP contribution in [0.2, 0.25) is 0 Å². The Kier molecular flexibility index (Phi) is 5.84. The van der Waals surface area contributed by atoms with Crippen LogP contribution in [-0.4, -0.2) is 13.1 Å². The van der Waals surface area contributed by atoms with Crippen LogP contribution in [0.25, 0.3) is 0 Å². The molecule has 2 heteroatoms. The smallest absolute Gasteiger partial charge is 0.123 e. The molecule has 0 atom stereocenters. The first-order valence-electron chi connectivity index (χ1n) is 7.71. The molecule has 1 nitrogen and oxygen atoms in total. The molecule has 106 valence electrons. The van der Waals surface area contributed by atoms with Gasteiger partial charge in [0.25, 0.3) is 0 Å². The Morgan fingerprint density at radius 2 is 1.89 bits per heavy atom. The molecule has 0 spiro atoms. The monoisotopic (exact) mass is 263 g/mol. The molecule has 0 radical (unpaired) electrons. The lowest BCUT2D eigenvalue weighted by molar-refractivity contribution is 0.427. The van der Waals surface area contributed by atoms with Gasteiger partial charge in [-0.25, -0.2) is 4.39 Å². The van der Waals surface area contributed by atoms with E-state index in [1.54, 1.807) is 12.1 Å². The van der Waals surface area contributed by atoms with Gasteiger partial charge in [0.2, 0.25) is 0 Å². The van der Waals surface area contributed by atoms with E-state index in [4.69, 9.17) is 0 Å². The summed E-state index contributed by atoms with van der Waals surface area (Å²) in [6.45, 7) is 4.15. The van der Waals surface area contributed by atoms with E-state index in [0.29, 0.717) is 0 Å². The van der Waals surface area contributed by atoms with Crippen LogP contribution in [0.5, 0.6) is 0 Å². The molecule has 1 aliphatic rings. The maximum Gasteiger partial charge on any atom is 0.123 e. The second-order valence-corrected chi connectivity index (χ2v) is 5.88. The number of nitrogens with one attached hydrogen (secondary N) is 1. The van der Waals surface area contributed by atoms with E-state index < -0.39 is 0 Å². The van der Waals surface area contributed by atoms with Crippen molar-refractivity contribution >= 4 is 0 Å². The van der Waals surface area contributed by atoms with E-state index in [-0.39, 0.29) is 5.82 Å². The minimum Gasteiger partial charge on any atom is -0.316 e. The fourth-order valence-electron chi connectivity index (χ4n) is 3.04. The molecule has 1 saturated carbocycles. The van der Waals surface area contributed by atoms with E-state index >= 15 is 0 Å². The van der Waals surface area contributed by atoms with Crippen LogP contribution < -0.4 is 5.32 Å². The zero-order valence-electron chi connectivity index (χ0n) is 12.1. The van der Waals surface area contributed by atoms with Gasteiger partial charge in [-0.15, -0.1) is 0 Å². The first-order valence-corrected chi connectivity index (χ1v) is 7.71. The molecule has 1 aromatic rings. The van der Waals surface area contributed by atoms with Gasteiger partial charge in [-0.1, -0.05) is 31.7 Å². The van der Waals surface area contributed by atoms with Gasteiger partial charge in [-0.2, -0.15) is 0 Å². The van der Waals surface area contributed by atoms with Gasteiger partial charge < -0.3 is 5.32 Å². The molecule has 19 heavy (non-hydrogen) atoms. The fourth-order valence-corrected chi connectivity index (χ4v) is 3.04. The van der Waals surface area contributed by atoms with E-state index in [1.165, 1.54) is 44.1 Å². The van der Waals surface area contributed by atoms with Gasteiger partial charge in [-0.3, -0.25) is 0 Å². The zero-order chi connectivity index (χ0) is 13.5. The van der Waals surface area contributed by atoms with Gasteiger partial charge in [0.15, 0.2) is 0 Å². The van der Waals surface area contributed by atoms with Crippen molar-refractivity contribution < 1.29 is 4.39 Å². The average Bonchev–Trinajstić information content (AvgIpc) is 2.65. The molecule has 0 bridgehead atoms. The lowest BCUT2D eigenvalue weighted by atomic mass is 10.0. The summed E-state index contributed by atoms with van der Waals surface area (Å²) in [6, 6.07) is 5.10. The van der Waals surface area contributed by atoms with Gasteiger partial charge in [0, 0.05) is 0 Å². The number of hydrogen-bond acceptors (Lipinski definition) is 1. The van der Waals surface area contributed by atoms with Gasteiger partial charge in [0.05, 0.1) is 0 Å². The van der Waals surface area contributed by atoms with Gasteiger partial charge in [-0.05, 0) is 68.5 Å². The molecule has 0 saturated heterocycles. The highest BCUT2D eigenvalue weighted by molar-refractivity contribution is 5.26. The topological polar surface area (TPSA) is 12.0 Å². The first kappa shape index (κ1) is 14.5. The Bertz CT molecular complexity index is 381. The summed E-state index contributed by atoms with van der Waals surface area (Å²) in [7, 11) is 0. The highest BCUT2D eigenvalue weighted by Gasteiger charge is 2.11. The van der Waals surface area contributed by atoms with Gasteiger partial charge >= 0.3 is 0 Å². The third-order valence-corrected chi connectivity index (χ3v) is 4.28. The Morgan fingerprint density at radius 3 is 2.58 bits per heavy atom. The fraction of sp³-hybridized carbons (Fsp3) is 0.647. The molecule has 1 N–H and O–H groups in total. The predicted octanol–water partition coefficient (Wildman–Crippen LogP) is 4.24. The van der Waals surface area contributed by atoms with Crippen molar-refractivity contribution in [2.45, 2.75) is 51.9 Å². The highest BCUT2D eigenvalue weighted by Crippen LogP contribution is 2.22. The van der Waals surface area contributed by atoms with Crippen LogP contribution in [0.3, 0.4) is 0 Å². The van der Waals surface area contributed by atoms with E-state index in [9.17, 15) is 4.39 Å². The van der Waals surface area contributed by atoms with Crippen LogP contribution >= 0.6 is 0 Å². The quantitative estimate of drug-likeness (QED) is 0.619. The summed E-state index contributed by atoms with van der Waals surface area (Å²) in [5.74, 6) is 0.740. The third-order valence-electron chi connectivity index (χ3n) is 4.28. The number of aryl methyl sites for hydroxylation is 1. The van der Waals surface area contributed by atoms with E-state index in [1.807, 2.05) is 13.0 Å². The molecule has 1 fully saturated rings. The minimum atomic E-state index is -0.132. The molecule has 2 rings (SSSR count). The largest absolute Gasteiger partial charge is 0.316 e. The van der Waals surface area contributed by atoms with E-state index in [0.717, 1.165) is 31.0 Å².